The van der Waals surface area contributed by atoms with Crippen molar-refractivity contribution in [3.05, 3.63) is 32.6 Å². The Morgan fingerprint density at radius 1 is 1.24 bits per heavy atom. The summed E-state index contributed by atoms with van der Waals surface area (Å²) in [5.41, 5.74) is 0.430. The van der Waals surface area contributed by atoms with Gasteiger partial charge in [0.05, 0.1) is 28.7 Å². The van der Waals surface area contributed by atoms with Crippen molar-refractivity contribution in [2.75, 3.05) is 20.3 Å². The SMILES string of the molecule is CCOC(=O)COc1c(Cl)cc(/C=C2/SC(=O)N([C@H](C)C(=O)OC)C2=O)cc1Cl. The Morgan fingerprint density at radius 3 is 2.41 bits per heavy atom. The highest BCUT2D eigenvalue weighted by Crippen LogP contribution is 2.38. The fourth-order valence-corrected chi connectivity index (χ4v) is 3.90. The molecule has 0 N–H and O–H groups in total. The van der Waals surface area contributed by atoms with E-state index in [2.05, 4.69) is 4.74 Å². The summed E-state index contributed by atoms with van der Waals surface area (Å²) < 4.78 is 14.6. The molecule has 8 nitrogen and oxygen atoms in total. The molecule has 2 rings (SSSR count). The first-order chi connectivity index (χ1) is 13.7. The van der Waals surface area contributed by atoms with E-state index in [1.807, 2.05) is 0 Å². The highest BCUT2D eigenvalue weighted by Gasteiger charge is 2.41. The zero-order valence-electron chi connectivity index (χ0n) is 15.7. The molecular weight excluding hydrogens is 445 g/mol. The number of imide groups is 1. The number of carbonyl (C=O) groups is 4. The fourth-order valence-electron chi connectivity index (χ4n) is 2.38. The Balaban J connectivity index is 2.22. The van der Waals surface area contributed by atoms with Crippen LogP contribution in [-0.4, -0.2) is 54.4 Å². The van der Waals surface area contributed by atoms with Gasteiger partial charge in [-0.05, 0) is 49.4 Å². The van der Waals surface area contributed by atoms with Crippen LogP contribution in [-0.2, 0) is 23.9 Å². The first kappa shape index (κ1) is 23.1. The van der Waals surface area contributed by atoms with E-state index in [4.69, 9.17) is 32.7 Å². The number of esters is 2. The monoisotopic (exact) mass is 461 g/mol. The first-order valence-electron chi connectivity index (χ1n) is 8.31. The van der Waals surface area contributed by atoms with E-state index in [1.54, 1.807) is 6.92 Å². The molecule has 1 aromatic carbocycles. The quantitative estimate of drug-likeness (QED) is 0.448. The van der Waals surface area contributed by atoms with Crippen LogP contribution in [0.2, 0.25) is 10.0 Å². The van der Waals surface area contributed by atoms with Crippen molar-refractivity contribution in [1.82, 2.24) is 4.90 Å². The van der Waals surface area contributed by atoms with Gasteiger partial charge in [0.25, 0.3) is 11.1 Å². The van der Waals surface area contributed by atoms with Crippen molar-refractivity contribution in [3.63, 3.8) is 0 Å². The number of benzene rings is 1. The van der Waals surface area contributed by atoms with Crippen molar-refractivity contribution in [1.29, 1.82) is 0 Å². The molecule has 0 unspecified atom stereocenters. The Bertz CT molecular complexity index is 864. The van der Waals surface area contributed by atoms with Gasteiger partial charge >= 0.3 is 11.9 Å². The molecule has 0 radical (unpaired) electrons. The van der Waals surface area contributed by atoms with Gasteiger partial charge in [-0.1, -0.05) is 23.2 Å². The van der Waals surface area contributed by atoms with Crippen LogP contribution in [0.1, 0.15) is 19.4 Å². The molecule has 0 aromatic heterocycles. The summed E-state index contributed by atoms with van der Waals surface area (Å²) in [6.07, 6.45) is 1.42. The third-order valence-electron chi connectivity index (χ3n) is 3.71. The molecule has 1 aromatic rings. The van der Waals surface area contributed by atoms with Gasteiger partial charge in [-0.25, -0.2) is 9.59 Å². The van der Waals surface area contributed by atoms with Crippen LogP contribution in [0.4, 0.5) is 4.79 Å². The molecule has 0 spiro atoms. The van der Waals surface area contributed by atoms with Crippen molar-refractivity contribution >= 4 is 64.1 Å². The number of hydrogen-bond donors (Lipinski definition) is 0. The lowest BCUT2D eigenvalue weighted by Crippen LogP contribution is -2.42. The number of amides is 2. The average molecular weight is 462 g/mol. The van der Waals surface area contributed by atoms with Crippen LogP contribution in [0.3, 0.4) is 0 Å². The highest BCUT2D eigenvalue weighted by molar-refractivity contribution is 8.18. The van der Waals surface area contributed by atoms with Crippen molar-refractivity contribution in [2.24, 2.45) is 0 Å². The summed E-state index contributed by atoms with van der Waals surface area (Å²) in [6, 6.07) is 1.88. The summed E-state index contributed by atoms with van der Waals surface area (Å²) in [7, 11) is 1.17. The Labute approximate surface area is 181 Å². The number of rotatable bonds is 7. The Kier molecular flexibility index (Phi) is 7.95. The summed E-state index contributed by atoms with van der Waals surface area (Å²) >= 11 is 13.0. The molecule has 0 saturated carbocycles. The molecule has 0 aliphatic carbocycles. The summed E-state index contributed by atoms with van der Waals surface area (Å²) in [4.78, 5) is 48.6. The van der Waals surface area contributed by atoms with Gasteiger partial charge < -0.3 is 14.2 Å². The van der Waals surface area contributed by atoms with Gasteiger partial charge in [-0.3, -0.25) is 14.5 Å². The van der Waals surface area contributed by atoms with Gasteiger partial charge in [0.2, 0.25) is 0 Å². The summed E-state index contributed by atoms with van der Waals surface area (Å²) in [6.45, 7) is 2.91. The lowest BCUT2D eigenvalue weighted by atomic mass is 10.2. The number of hydrogen-bond acceptors (Lipinski definition) is 8. The zero-order chi connectivity index (χ0) is 21.7. The molecule has 1 aliphatic rings. The Hall–Kier alpha value is -2.23. The van der Waals surface area contributed by atoms with Crippen LogP contribution in [0.5, 0.6) is 5.75 Å². The normalized spacial score (nSPS) is 16.2. The van der Waals surface area contributed by atoms with Crippen LogP contribution < -0.4 is 4.74 Å². The lowest BCUT2D eigenvalue weighted by molar-refractivity contribution is -0.148. The molecular formula is C18H17Cl2NO7S. The Morgan fingerprint density at radius 2 is 1.86 bits per heavy atom. The highest BCUT2D eigenvalue weighted by atomic mass is 35.5. The molecule has 29 heavy (non-hydrogen) atoms. The number of carbonyl (C=O) groups excluding carboxylic acids is 4. The molecule has 0 bridgehead atoms. The van der Waals surface area contributed by atoms with Gasteiger partial charge in [-0.15, -0.1) is 0 Å². The summed E-state index contributed by atoms with van der Waals surface area (Å²) in [5.74, 6) is -1.82. The molecule has 1 heterocycles. The zero-order valence-corrected chi connectivity index (χ0v) is 18.0. The van der Waals surface area contributed by atoms with Gasteiger partial charge in [-0.2, -0.15) is 0 Å². The maximum absolute atomic E-state index is 12.5. The van der Waals surface area contributed by atoms with Crippen molar-refractivity contribution in [3.8, 4) is 5.75 Å². The molecule has 11 heteroatoms. The molecule has 2 amide bonds. The maximum Gasteiger partial charge on any atom is 0.344 e. The van der Waals surface area contributed by atoms with Gasteiger partial charge in [0.1, 0.15) is 6.04 Å². The van der Waals surface area contributed by atoms with Crippen LogP contribution >= 0.6 is 35.0 Å². The largest absolute Gasteiger partial charge is 0.479 e. The molecule has 1 aliphatic heterocycles. The topological polar surface area (TPSA) is 99.2 Å². The second-order valence-electron chi connectivity index (χ2n) is 5.66. The van der Waals surface area contributed by atoms with Crippen LogP contribution in [0, 0.1) is 0 Å². The molecule has 156 valence electrons. The maximum atomic E-state index is 12.5. The minimum Gasteiger partial charge on any atom is -0.479 e. The molecule has 1 fully saturated rings. The average Bonchev–Trinajstić information content (AvgIpc) is 2.93. The van der Waals surface area contributed by atoms with E-state index in [9.17, 15) is 19.2 Å². The van der Waals surface area contributed by atoms with E-state index in [0.29, 0.717) is 17.3 Å². The minimum absolute atomic E-state index is 0.0888. The number of methoxy groups -OCH3 is 1. The van der Waals surface area contributed by atoms with E-state index in [1.165, 1.54) is 32.2 Å². The predicted octanol–water partition coefficient (Wildman–Crippen LogP) is 3.53. The minimum atomic E-state index is -1.05. The molecule has 1 atom stereocenters. The van der Waals surface area contributed by atoms with E-state index < -0.39 is 29.1 Å². The third kappa shape index (κ3) is 5.43. The second-order valence-corrected chi connectivity index (χ2v) is 7.47. The number of halogens is 2. The van der Waals surface area contributed by atoms with Crippen molar-refractivity contribution in [2.45, 2.75) is 19.9 Å². The van der Waals surface area contributed by atoms with E-state index >= 15 is 0 Å². The predicted molar refractivity (Wildman–Crippen MR) is 108 cm³/mol. The summed E-state index contributed by atoms with van der Waals surface area (Å²) in [5, 5.41) is -0.379. The first-order valence-corrected chi connectivity index (χ1v) is 9.89. The number of ether oxygens (including phenoxy) is 3. The van der Waals surface area contributed by atoms with Crippen LogP contribution in [0.15, 0.2) is 17.0 Å². The van der Waals surface area contributed by atoms with Gasteiger partial charge in [0.15, 0.2) is 12.4 Å². The molecule has 1 saturated heterocycles. The number of thioether (sulfide) groups is 1. The standard InChI is InChI=1S/C18H17Cl2NO7S/c1-4-27-14(22)8-28-15-11(19)5-10(6-12(15)20)7-13-16(23)21(18(25)29-13)9(2)17(24)26-3/h5-7,9H,4,8H2,1-3H3/b13-7+/t9-/m1/s1. The van der Waals surface area contributed by atoms with Crippen LogP contribution in [0.25, 0.3) is 6.08 Å². The smallest absolute Gasteiger partial charge is 0.344 e. The second kappa shape index (κ2) is 10.00. The van der Waals surface area contributed by atoms with Gasteiger partial charge in [0, 0.05) is 0 Å². The van der Waals surface area contributed by atoms with Crippen molar-refractivity contribution < 1.29 is 33.4 Å². The third-order valence-corrected chi connectivity index (χ3v) is 5.16. The van der Waals surface area contributed by atoms with E-state index in [0.717, 1.165) is 4.90 Å². The fraction of sp³-hybridized carbons (Fsp3) is 0.333. The number of nitrogens with zero attached hydrogens (tertiary/aromatic N) is 1. The van der Waals surface area contributed by atoms with E-state index in [-0.39, 0.29) is 33.9 Å². The lowest BCUT2D eigenvalue weighted by Gasteiger charge is -2.18.